The van der Waals surface area contributed by atoms with Crippen LogP contribution in [0.5, 0.6) is 0 Å². The smallest absolute Gasteiger partial charge is 0.235 e. The third kappa shape index (κ3) is 5.63. The van der Waals surface area contributed by atoms with Gasteiger partial charge in [-0.25, -0.2) is 9.97 Å². The van der Waals surface area contributed by atoms with E-state index in [1.165, 1.54) is 42.0 Å². The molecule has 330 valence electrons. The Hall–Kier alpha value is -9.30. The molecule has 16 aromatic rings. The number of nitrogens with zero attached hydrogens (tertiary/aromatic N) is 4. The van der Waals surface area contributed by atoms with Gasteiger partial charge >= 0.3 is 0 Å². The van der Waals surface area contributed by atoms with Crippen molar-refractivity contribution in [3.63, 3.8) is 0 Å². The number of thiophene rings is 1. The molecule has 10 aromatic carbocycles. The molecule has 7 heteroatoms. The third-order valence-corrected chi connectivity index (χ3v) is 15.7. The van der Waals surface area contributed by atoms with Gasteiger partial charge in [0.2, 0.25) is 5.95 Å². The van der Waals surface area contributed by atoms with Gasteiger partial charge in [0.1, 0.15) is 22.3 Å². The molecule has 0 bridgehead atoms. The summed E-state index contributed by atoms with van der Waals surface area (Å²) in [6.07, 6.45) is 0. The molecule has 0 amide bonds. The van der Waals surface area contributed by atoms with Crippen LogP contribution in [0.1, 0.15) is 0 Å². The van der Waals surface area contributed by atoms with Crippen molar-refractivity contribution in [2.24, 2.45) is 0 Å². The second-order valence-corrected chi connectivity index (χ2v) is 19.5. The zero-order chi connectivity index (χ0) is 46.3. The Balaban J connectivity index is 0.917. The van der Waals surface area contributed by atoms with Crippen molar-refractivity contribution in [3.05, 3.63) is 218 Å². The van der Waals surface area contributed by atoms with Crippen LogP contribution in [0.3, 0.4) is 0 Å². The lowest BCUT2D eigenvalue weighted by Gasteiger charge is -2.13. The lowest BCUT2D eigenvalue weighted by molar-refractivity contribution is 0.669. The van der Waals surface area contributed by atoms with E-state index < -0.39 is 0 Å². The summed E-state index contributed by atoms with van der Waals surface area (Å²) in [4.78, 5) is 11.0. The molecular formula is C64H36N4O2S. The SMILES string of the molecule is c1ccc2c(c1)oc1c(-c3cc(-c4cccc5c4oc4ccccc45)nc(-n4c5ccccc5c5ccc(-c6ccc7c(c6)c6ccccc6n7-c6ccc7sc8ccccc8c7c6)cc54)n3)cccc12. The monoisotopic (exact) mass is 924 g/mol. The first kappa shape index (κ1) is 38.6. The van der Waals surface area contributed by atoms with Crippen LogP contribution in [0.15, 0.2) is 227 Å². The lowest BCUT2D eigenvalue weighted by Crippen LogP contribution is -2.04. The number of hydrogen-bond acceptors (Lipinski definition) is 5. The minimum Gasteiger partial charge on any atom is -0.455 e. The van der Waals surface area contributed by atoms with Gasteiger partial charge in [-0.2, -0.15) is 0 Å². The maximum Gasteiger partial charge on any atom is 0.235 e. The molecule has 6 nitrogen and oxygen atoms in total. The Morgan fingerprint density at radius 3 is 1.55 bits per heavy atom. The highest BCUT2D eigenvalue weighted by atomic mass is 32.1. The van der Waals surface area contributed by atoms with Crippen molar-refractivity contribution >= 4 is 119 Å². The number of benzene rings is 10. The molecule has 0 aliphatic carbocycles. The Morgan fingerprint density at radius 1 is 0.324 bits per heavy atom. The van der Waals surface area contributed by atoms with Crippen LogP contribution in [0.25, 0.3) is 153 Å². The van der Waals surface area contributed by atoms with Gasteiger partial charge in [-0.05, 0) is 96.1 Å². The fourth-order valence-corrected chi connectivity index (χ4v) is 12.4. The van der Waals surface area contributed by atoms with E-state index in [9.17, 15) is 0 Å². The van der Waals surface area contributed by atoms with E-state index >= 15 is 0 Å². The summed E-state index contributed by atoms with van der Waals surface area (Å²) in [6, 6.07) is 77.8. The predicted octanol–water partition coefficient (Wildman–Crippen LogP) is 17.8. The number of fused-ring (bicyclic) bond motifs is 15. The van der Waals surface area contributed by atoms with Crippen molar-refractivity contribution in [3.8, 4) is 45.3 Å². The predicted molar refractivity (Wildman–Crippen MR) is 294 cm³/mol. The highest BCUT2D eigenvalue weighted by Gasteiger charge is 2.23. The van der Waals surface area contributed by atoms with Gasteiger partial charge in [-0.1, -0.05) is 133 Å². The minimum atomic E-state index is 0.552. The Kier molecular flexibility index (Phi) is 7.95. The molecule has 0 saturated heterocycles. The molecule has 0 aliphatic heterocycles. The average molecular weight is 925 g/mol. The Morgan fingerprint density at radius 2 is 0.845 bits per heavy atom. The van der Waals surface area contributed by atoms with Crippen LogP contribution in [-0.2, 0) is 0 Å². The molecule has 6 heterocycles. The fourth-order valence-electron chi connectivity index (χ4n) is 11.4. The van der Waals surface area contributed by atoms with E-state index in [0.29, 0.717) is 5.95 Å². The normalized spacial score (nSPS) is 12.2. The first-order valence-corrected chi connectivity index (χ1v) is 24.7. The molecule has 0 fully saturated rings. The summed E-state index contributed by atoms with van der Waals surface area (Å²) < 4.78 is 20.6. The maximum absolute atomic E-state index is 6.66. The minimum absolute atomic E-state index is 0.552. The molecule has 16 rings (SSSR count). The number of aromatic nitrogens is 4. The van der Waals surface area contributed by atoms with E-state index in [0.717, 1.165) is 105 Å². The van der Waals surface area contributed by atoms with Gasteiger partial charge in [-0.15, -0.1) is 11.3 Å². The van der Waals surface area contributed by atoms with Gasteiger partial charge in [0.25, 0.3) is 0 Å². The van der Waals surface area contributed by atoms with E-state index in [2.05, 4.69) is 203 Å². The van der Waals surface area contributed by atoms with Gasteiger partial charge < -0.3 is 13.4 Å². The van der Waals surface area contributed by atoms with Crippen LogP contribution in [0.4, 0.5) is 0 Å². The summed E-state index contributed by atoms with van der Waals surface area (Å²) in [6.45, 7) is 0. The second-order valence-electron chi connectivity index (χ2n) is 18.4. The molecule has 0 spiro atoms. The van der Waals surface area contributed by atoms with E-state index in [-0.39, 0.29) is 0 Å². The second kappa shape index (κ2) is 14.6. The van der Waals surface area contributed by atoms with Gasteiger partial charge in [-0.3, -0.25) is 4.57 Å². The number of hydrogen-bond donors (Lipinski definition) is 0. The fraction of sp³-hybridized carbons (Fsp3) is 0. The summed E-state index contributed by atoms with van der Waals surface area (Å²) in [5.41, 5.74) is 14.3. The Bertz CT molecular complexity index is 4780. The lowest BCUT2D eigenvalue weighted by atomic mass is 10.0. The zero-order valence-electron chi connectivity index (χ0n) is 37.8. The third-order valence-electron chi connectivity index (χ3n) is 14.6. The average Bonchev–Trinajstić information content (AvgIpc) is 4.25. The molecule has 0 aliphatic rings. The zero-order valence-corrected chi connectivity index (χ0v) is 38.6. The molecular weight excluding hydrogens is 889 g/mol. The first-order valence-electron chi connectivity index (χ1n) is 23.9. The van der Waals surface area contributed by atoms with Gasteiger partial charge in [0.15, 0.2) is 0 Å². The highest BCUT2D eigenvalue weighted by Crippen LogP contribution is 2.43. The molecule has 0 atom stereocenters. The van der Waals surface area contributed by atoms with Crippen molar-refractivity contribution in [1.82, 2.24) is 19.1 Å². The van der Waals surface area contributed by atoms with Crippen LogP contribution < -0.4 is 0 Å². The molecule has 0 unspecified atom stereocenters. The molecule has 6 aromatic heterocycles. The highest BCUT2D eigenvalue weighted by molar-refractivity contribution is 7.25. The summed E-state index contributed by atoms with van der Waals surface area (Å²) in [5.74, 6) is 0.552. The largest absolute Gasteiger partial charge is 0.455 e. The number of rotatable bonds is 5. The van der Waals surface area contributed by atoms with Crippen LogP contribution in [0.2, 0.25) is 0 Å². The molecule has 0 radical (unpaired) electrons. The van der Waals surface area contributed by atoms with Crippen molar-refractivity contribution < 1.29 is 8.83 Å². The summed E-state index contributed by atoms with van der Waals surface area (Å²) in [5, 5.41) is 11.5. The molecule has 71 heavy (non-hydrogen) atoms. The van der Waals surface area contributed by atoms with Crippen LogP contribution in [0, 0.1) is 0 Å². The summed E-state index contributed by atoms with van der Waals surface area (Å²) >= 11 is 1.85. The maximum atomic E-state index is 6.66. The standard InChI is InChI=1S/C64H36N4O2S/c1-7-23-55-40(13-1)42-30-27-38(37-28-31-56-50(33-37)41-14-2-6-22-54(41)67(56)39-29-32-61-51(35-39)45-17-5-10-26-60(45)71-61)34-57(42)68(55)64-65-52(48-20-11-18-46-43-15-3-8-24-58(43)69-62(46)48)36-53(66-64)49-21-12-19-47-44-16-4-9-25-59(44)70-63(47)49/h1-36H. The summed E-state index contributed by atoms with van der Waals surface area (Å²) in [7, 11) is 0. The Labute approximate surface area is 408 Å². The van der Waals surface area contributed by atoms with Crippen molar-refractivity contribution in [2.75, 3.05) is 0 Å². The number of para-hydroxylation sites is 6. The molecule has 0 N–H and O–H groups in total. The van der Waals surface area contributed by atoms with Crippen LogP contribution in [-0.4, -0.2) is 19.1 Å². The number of furan rings is 2. The van der Waals surface area contributed by atoms with E-state index in [1.807, 2.05) is 35.6 Å². The molecule has 0 saturated carbocycles. The van der Waals surface area contributed by atoms with Gasteiger partial charge in [0.05, 0.1) is 33.5 Å². The van der Waals surface area contributed by atoms with E-state index in [4.69, 9.17) is 18.8 Å². The van der Waals surface area contributed by atoms with Crippen molar-refractivity contribution in [1.29, 1.82) is 0 Å². The van der Waals surface area contributed by atoms with Gasteiger partial charge in [0, 0.05) is 80.1 Å². The topological polar surface area (TPSA) is 61.9 Å². The first-order chi connectivity index (χ1) is 35.2. The van der Waals surface area contributed by atoms with Crippen LogP contribution >= 0.6 is 11.3 Å². The van der Waals surface area contributed by atoms with Crippen molar-refractivity contribution in [2.45, 2.75) is 0 Å². The quantitative estimate of drug-likeness (QED) is 0.173. The van der Waals surface area contributed by atoms with E-state index in [1.54, 1.807) is 0 Å².